The van der Waals surface area contributed by atoms with Crippen LogP contribution in [0.15, 0.2) is 21.7 Å². The number of carboxylic acids is 1. The maximum absolute atomic E-state index is 13.3. The number of amidine groups is 1. The fourth-order valence-electron chi connectivity index (χ4n) is 1.24. The van der Waals surface area contributed by atoms with E-state index in [-0.39, 0.29) is 17.3 Å². The number of thioether (sulfide) groups is 1. The Morgan fingerprint density at radius 2 is 1.85 bits per heavy atom. The van der Waals surface area contributed by atoms with Crippen molar-refractivity contribution < 1.29 is 27.5 Å². The minimum Gasteiger partial charge on any atom is -0.478 e. The van der Waals surface area contributed by atoms with Crippen LogP contribution in [0.25, 0.3) is 0 Å². The molecule has 2 rings (SSSR count). The van der Waals surface area contributed by atoms with Crippen LogP contribution in [0, 0.1) is 23.5 Å². The molecular weight excluding hydrogens is 302 g/mol. The molecule has 0 aromatic carbocycles. The molecule has 10 heteroatoms. The van der Waals surface area contributed by atoms with Crippen molar-refractivity contribution in [3.05, 3.63) is 35.3 Å². The van der Waals surface area contributed by atoms with Gasteiger partial charge in [-0.05, 0) is 11.8 Å². The van der Waals surface area contributed by atoms with Crippen LogP contribution in [-0.2, 0) is 4.79 Å². The Bertz CT molecular complexity index is 622. The second-order valence-corrected chi connectivity index (χ2v) is 4.49. The highest BCUT2D eigenvalue weighted by Gasteiger charge is 2.23. The van der Waals surface area contributed by atoms with Gasteiger partial charge in [0.25, 0.3) is 11.9 Å². The summed E-state index contributed by atoms with van der Waals surface area (Å²) in [7, 11) is 0. The smallest absolute Gasteiger partial charge is 0.334 e. The van der Waals surface area contributed by atoms with E-state index >= 15 is 0 Å². The lowest BCUT2D eigenvalue weighted by Crippen LogP contribution is -2.23. The molecule has 2 heterocycles. The van der Waals surface area contributed by atoms with Crippen molar-refractivity contribution in [1.29, 1.82) is 0 Å². The third-order valence-electron chi connectivity index (χ3n) is 2.19. The predicted molar refractivity (Wildman–Crippen MR) is 61.1 cm³/mol. The highest BCUT2D eigenvalue weighted by molar-refractivity contribution is 8.13. The Morgan fingerprint density at radius 3 is 2.30 bits per heavy atom. The van der Waals surface area contributed by atoms with E-state index in [1.165, 1.54) is 0 Å². The van der Waals surface area contributed by atoms with Gasteiger partial charge in [-0.2, -0.15) is 13.8 Å². The molecule has 1 aliphatic rings. The number of carboxylic acid groups (broad SMARTS) is 1. The normalized spacial score (nSPS) is 14.4. The van der Waals surface area contributed by atoms with Gasteiger partial charge < -0.3 is 10.4 Å². The molecule has 0 spiro atoms. The summed E-state index contributed by atoms with van der Waals surface area (Å²) in [6.07, 6.45) is 1.07. The molecular formula is C10H5F4N3O2S. The van der Waals surface area contributed by atoms with Gasteiger partial charge in [-0.3, -0.25) is 4.99 Å². The molecule has 1 aromatic heterocycles. The van der Waals surface area contributed by atoms with Gasteiger partial charge in [0.05, 0.1) is 17.0 Å². The Kier molecular flexibility index (Phi) is 3.93. The molecule has 106 valence electrons. The van der Waals surface area contributed by atoms with Gasteiger partial charge in [-0.25, -0.2) is 13.6 Å². The first kappa shape index (κ1) is 14.3. The van der Waals surface area contributed by atoms with Gasteiger partial charge >= 0.3 is 5.97 Å². The minimum atomic E-state index is -1.77. The number of nitrogens with one attached hydrogen (secondary N) is 1. The van der Waals surface area contributed by atoms with E-state index in [0.29, 0.717) is 11.8 Å². The van der Waals surface area contributed by atoms with E-state index in [4.69, 9.17) is 5.11 Å². The SMILES string of the molecule is O=C(O)C1=CNC(Sc2c(F)c(F)nc(F)c2F)=NC1. The first-order valence-electron chi connectivity index (χ1n) is 5.01. The van der Waals surface area contributed by atoms with E-state index in [1.807, 2.05) is 0 Å². The summed E-state index contributed by atoms with van der Waals surface area (Å²) < 4.78 is 52.5. The van der Waals surface area contributed by atoms with Crippen molar-refractivity contribution in [2.45, 2.75) is 4.90 Å². The van der Waals surface area contributed by atoms with E-state index < -0.39 is 34.4 Å². The zero-order chi connectivity index (χ0) is 14.9. The third kappa shape index (κ3) is 2.74. The number of nitrogens with zero attached hydrogens (tertiary/aromatic N) is 2. The van der Waals surface area contributed by atoms with Gasteiger partial charge in [0.1, 0.15) is 0 Å². The number of hydrogen-bond donors (Lipinski definition) is 2. The lowest BCUT2D eigenvalue weighted by atomic mass is 10.3. The average Bonchev–Trinajstić information content (AvgIpc) is 2.42. The second kappa shape index (κ2) is 5.49. The fourth-order valence-corrected chi connectivity index (χ4v) is 2.03. The second-order valence-electron chi connectivity index (χ2n) is 3.49. The maximum Gasteiger partial charge on any atom is 0.334 e. The van der Waals surface area contributed by atoms with Crippen LogP contribution in [0.2, 0.25) is 0 Å². The summed E-state index contributed by atoms with van der Waals surface area (Å²) in [6, 6.07) is 0. The number of pyridine rings is 1. The maximum atomic E-state index is 13.3. The van der Waals surface area contributed by atoms with E-state index in [0.717, 1.165) is 6.20 Å². The molecule has 0 aliphatic carbocycles. The molecule has 0 saturated heterocycles. The van der Waals surface area contributed by atoms with Crippen LogP contribution < -0.4 is 5.32 Å². The molecule has 0 amide bonds. The Morgan fingerprint density at radius 1 is 1.25 bits per heavy atom. The Labute approximate surface area is 113 Å². The Balaban J connectivity index is 2.23. The fraction of sp³-hybridized carbons (Fsp3) is 0.100. The number of rotatable bonds is 2. The molecule has 2 N–H and O–H groups in total. The zero-order valence-electron chi connectivity index (χ0n) is 9.45. The molecule has 0 atom stereocenters. The number of halogens is 4. The van der Waals surface area contributed by atoms with Crippen LogP contribution in [-0.4, -0.2) is 27.8 Å². The average molecular weight is 307 g/mol. The van der Waals surface area contributed by atoms with Crippen LogP contribution in [0.1, 0.15) is 0 Å². The van der Waals surface area contributed by atoms with Crippen LogP contribution in [0.3, 0.4) is 0 Å². The quantitative estimate of drug-likeness (QED) is 0.642. The van der Waals surface area contributed by atoms with Crippen molar-refractivity contribution in [3.63, 3.8) is 0 Å². The van der Waals surface area contributed by atoms with Gasteiger partial charge in [-0.15, -0.1) is 0 Å². The summed E-state index contributed by atoms with van der Waals surface area (Å²) in [4.78, 5) is 15.8. The number of aliphatic carboxylic acids is 1. The highest BCUT2D eigenvalue weighted by atomic mass is 32.2. The van der Waals surface area contributed by atoms with Gasteiger partial charge in [0.15, 0.2) is 16.8 Å². The number of hydrogen-bond acceptors (Lipinski definition) is 5. The van der Waals surface area contributed by atoms with Crippen molar-refractivity contribution in [2.75, 3.05) is 6.54 Å². The summed E-state index contributed by atoms with van der Waals surface area (Å²) in [6.45, 7) is -0.232. The Hall–Kier alpha value is -2.10. The first-order chi connectivity index (χ1) is 9.40. The molecule has 20 heavy (non-hydrogen) atoms. The highest BCUT2D eigenvalue weighted by Crippen LogP contribution is 2.28. The van der Waals surface area contributed by atoms with Crippen molar-refractivity contribution in [1.82, 2.24) is 10.3 Å². The molecule has 0 unspecified atom stereocenters. The van der Waals surface area contributed by atoms with Crippen LogP contribution in [0.5, 0.6) is 0 Å². The third-order valence-corrected chi connectivity index (χ3v) is 3.20. The van der Waals surface area contributed by atoms with Crippen molar-refractivity contribution in [2.24, 2.45) is 4.99 Å². The summed E-state index contributed by atoms with van der Waals surface area (Å²) in [5, 5.41) is 10.9. The zero-order valence-corrected chi connectivity index (χ0v) is 10.3. The minimum absolute atomic E-state index is 0.0672. The van der Waals surface area contributed by atoms with E-state index in [9.17, 15) is 22.4 Å². The lowest BCUT2D eigenvalue weighted by molar-refractivity contribution is -0.132. The molecule has 1 aliphatic heterocycles. The molecule has 0 fully saturated rings. The summed E-state index contributed by atoms with van der Waals surface area (Å²) >= 11 is 0.291. The molecule has 0 bridgehead atoms. The molecule has 5 nitrogen and oxygen atoms in total. The standard InChI is InChI=1S/C10H5F4N3O2S/c11-4-6(5(12)8(14)17-7(4)13)20-10-15-1-3(2-16-10)9(18)19/h1H,2H2,(H,15,16)(H,18,19). The monoisotopic (exact) mass is 307 g/mol. The number of aromatic nitrogens is 1. The van der Waals surface area contributed by atoms with E-state index in [1.54, 1.807) is 0 Å². The first-order valence-corrected chi connectivity index (χ1v) is 5.83. The van der Waals surface area contributed by atoms with Gasteiger partial charge in [-0.1, -0.05) is 0 Å². The summed E-state index contributed by atoms with van der Waals surface area (Å²) in [5.41, 5.74) is -0.0672. The molecule has 0 radical (unpaired) electrons. The molecule has 1 aromatic rings. The molecule has 0 saturated carbocycles. The van der Waals surface area contributed by atoms with Crippen LogP contribution >= 0.6 is 11.8 Å². The van der Waals surface area contributed by atoms with Gasteiger partial charge in [0.2, 0.25) is 0 Å². The summed E-state index contributed by atoms with van der Waals surface area (Å²) in [5.74, 6) is -8.05. The largest absolute Gasteiger partial charge is 0.478 e. The number of aliphatic imine (C=N–C) groups is 1. The lowest BCUT2D eigenvalue weighted by Gasteiger charge is -2.12. The van der Waals surface area contributed by atoms with Crippen LogP contribution in [0.4, 0.5) is 17.6 Å². The van der Waals surface area contributed by atoms with Crippen molar-refractivity contribution >= 4 is 22.9 Å². The van der Waals surface area contributed by atoms with Gasteiger partial charge in [0, 0.05) is 6.20 Å². The predicted octanol–water partition coefficient (Wildman–Crippen LogP) is 1.66. The number of carbonyl (C=O) groups is 1. The van der Waals surface area contributed by atoms with Crippen molar-refractivity contribution in [3.8, 4) is 0 Å². The van der Waals surface area contributed by atoms with E-state index in [2.05, 4.69) is 15.3 Å². The topological polar surface area (TPSA) is 74.6 Å².